The van der Waals surface area contributed by atoms with Gasteiger partial charge in [0, 0.05) is 32.2 Å². The molecule has 1 aromatic carbocycles. The minimum Gasteiger partial charge on any atom is -0.352 e. The minimum absolute atomic E-state index is 0. The van der Waals surface area contributed by atoms with Gasteiger partial charge in [-0.15, -0.1) is 24.0 Å². The average Bonchev–Trinajstić information content (AvgIpc) is 2.58. The Labute approximate surface area is 157 Å². The van der Waals surface area contributed by atoms with E-state index in [0.29, 0.717) is 5.96 Å². The number of nitrogens with one attached hydrogen (secondary N) is 2. The fraction of sp³-hybridized carbons (Fsp3) is 0.500. The first-order valence-electron chi connectivity index (χ1n) is 7.76. The Bertz CT molecular complexity index is 577. The molecule has 2 rings (SSSR count). The fourth-order valence-corrected chi connectivity index (χ4v) is 2.49. The quantitative estimate of drug-likeness (QED) is 0.419. The number of hydrogen-bond donors (Lipinski definition) is 2. The molecule has 0 radical (unpaired) electrons. The molecule has 1 fully saturated rings. The number of rotatable bonds is 4. The smallest absolute Gasteiger partial charge is 0.241 e. The lowest BCUT2D eigenvalue weighted by atomic mass is 10.1. The van der Waals surface area contributed by atoms with Crippen LogP contribution in [-0.2, 0) is 11.3 Å². The molecule has 0 spiro atoms. The van der Waals surface area contributed by atoms with E-state index in [0.717, 1.165) is 44.1 Å². The maximum absolute atomic E-state index is 13.6. The molecule has 1 heterocycles. The molecular weight excluding hydrogens is 429 g/mol. The molecule has 0 atom stereocenters. The summed E-state index contributed by atoms with van der Waals surface area (Å²) in [5.41, 5.74) is 0.204. The topological polar surface area (TPSA) is 56.7 Å². The number of halogens is 3. The SMILES string of the molecule is CN=C(NCC(=O)N1CCCCC1)NCc1cc(F)ccc1F.I. The Hall–Kier alpha value is -1.45. The summed E-state index contributed by atoms with van der Waals surface area (Å²) < 4.78 is 26.7. The summed E-state index contributed by atoms with van der Waals surface area (Å²) in [6.07, 6.45) is 3.24. The van der Waals surface area contributed by atoms with Crippen molar-refractivity contribution in [3.63, 3.8) is 0 Å². The minimum atomic E-state index is -0.494. The summed E-state index contributed by atoms with van der Waals surface area (Å²) in [5, 5.41) is 5.78. The molecule has 8 heteroatoms. The lowest BCUT2D eigenvalue weighted by Crippen LogP contribution is -2.45. The van der Waals surface area contributed by atoms with Gasteiger partial charge in [-0.2, -0.15) is 0 Å². The predicted octanol–water partition coefficient (Wildman–Crippen LogP) is 2.26. The molecular formula is C16H23F2IN4O. The van der Waals surface area contributed by atoms with Crippen molar-refractivity contribution in [3.8, 4) is 0 Å². The number of carbonyl (C=O) groups excluding carboxylic acids is 1. The van der Waals surface area contributed by atoms with E-state index < -0.39 is 11.6 Å². The third-order valence-corrected chi connectivity index (χ3v) is 3.79. The number of hydrogen-bond acceptors (Lipinski definition) is 2. The average molecular weight is 452 g/mol. The van der Waals surface area contributed by atoms with Gasteiger partial charge < -0.3 is 15.5 Å². The molecule has 24 heavy (non-hydrogen) atoms. The molecule has 0 saturated carbocycles. The first-order chi connectivity index (χ1) is 11.1. The van der Waals surface area contributed by atoms with Gasteiger partial charge in [0.25, 0.3) is 0 Å². The fourth-order valence-electron chi connectivity index (χ4n) is 2.49. The van der Waals surface area contributed by atoms with Crippen LogP contribution < -0.4 is 10.6 Å². The van der Waals surface area contributed by atoms with E-state index in [2.05, 4.69) is 15.6 Å². The second-order valence-electron chi connectivity index (χ2n) is 5.46. The number of guanidine groups is 1. The zero-order chi connectivity index (χ0) is 16.7. The van der Waals surface area contributed by atoms with Crippen molar-refractivity contribution in [2.24, 2.45) is 4.99 Å². The van der Waals surface area contributed by atoms with Crippen LogP contribution in [0.2, 0.25) is 0 Å². The molecule has 0 aliphatic carbocycles. The van der Waals surface area contributed by atoms with Gasteiger partial charge in [-0.3, -0.25) is 9.79 Å². The lowest BCUT2D eigenvalue weighted by molar-refractivity contribution is -0.130. The molecule has 0 unspecified atom stereocenters. The zero-order valence-corrected chi connectivity index (χ0v) is 16.0. The van der Waals surface area contributed by atoms with Crippen LogP contribution in [0.3, 0.4) is 0 Å². The van der Waals surface area contributed by atoms with Gasteiger partial charge in [-0.05, 0) is 37.5 Å². The highest BCUT2D eigenvalue weighted by atomic mass is 127. The van der Waals surface area contributed by atoms with E-state index >= 15 is 0 Å². The van der Waals surface area contributed by atoms with Gasteiger partial charge in [-0.1, -0.05) is 0 Å². The lowest BCUT2D eigenvalue weighted by Gasteiger charge is -2.27. The number of nitrogens with zero attached hydrogens (tertiary/aromatic N) is 2. The van der Waals surface area contributed by atoms with Gasteiger partial charge in [0.15, 0.2) is 5.96 Å². The molecule has 1 aliphatic heterocycles. The second-order valence-corrected chi connectivity index (χ2v) is 5.46. The van der Waals surface area contributed by atoms with Gasteiger partial charge in [0.05, 0.1) is 6.54 Å². The van der Waals surface area contributed by atoms with Crippen LogP contribution in [0.1, 0.15) is 24.8 Å². The summed E-state index contributed by atoms with van der Waals surface area (Å²) in [4.78, 5) is 17.9. The van der Waals surface area contributed by atoms with Crippen molar-refractivity contribution in [1.29, 1.82) is 0 Å². The van der Waals surface area contributed by atoms with Crippen molar-refractivity contribution >= 4 is 35.8 Å². The van der Waals surface area contributed by atoms with Crippen LogP contribution in [0.5, 0.6) is 0 Å². The molecule has 134 valence electrons. The predicted molar refractivity (Wildman–Crippen MR) is 100 cm³/mol. The van der Waals surface area contributed by atoms with Crippen LogP contribution in [0.15, 0.2) is 23.2 Å². The monoisotopic (exact) mass is 452 g/mol. The number of amides is 1. The first kappa shape index (κ1) is 20.6. The molecule has 1 amide bonds. The zero-order valence-electron chi connectivity index (χ0n) is 13.6. The van der Waals surface area contributed by atoms with Gasteiger partial charge in [0.1, 0.15) is 11.6 Å². The number of piperidine rings is 1. The normalized spacial score (nSPS) is 14.8. The first-order valence-corrected chi connectivity index (χ1v) is 7.76. The highest BCUT2D eigenvalue weighted by molar-refractivity contribution is 14.0. The molecule has 0 bridgehead atoms. The van der Waals surface area contributed by atoms with Gasteiger partial charge in [0.2, 0.25) is 5.91 Å². The molecule has 1 aromatic rings. The Morgan fingerprint density at radius 3 is 2.58 bits per heavy atom. The number of benzene rings is 1. The van der Waals surface area contributed by atoms with Crippen LogP contribution >= 0.6 is 24.0 Å². The third kappa shape index (κ3) is 6.21. The van der Waals surface area contributed by atoms with E-state index in [1.165, 1.54) is 6.42 Å². The molecule has 5 nitrogen and oxygen atoms in total. The Morgan fingerprint density at radius 1 is 1.21 bits per heavy atom. The number of aliphatic imine (C=N–C) groups is 1. The molecule has 0 aromatic heterocycles. The van der Waals surface area contributed by atoms with E-state index in [-0.39, 0.29) is 48.5 Å². The Balaban J connectivity index is 0.00000288. The van der Waals surface area contributed by atoms with Crippen LogP contribution in [0.4, 0.5) is 8.78 Å². The molecule has 1 aliphatic rings. The van der Waals surface area contributed by atoms with E-state index in [4.69, 9.17) is 0 Å². The Kier molecular flexibility index (Phi) is 8.94. The van der Waals surface area contributed by atoms with Crippen LogP contribution in [0.25, 0.3) is 0 Å². The summed E-state index contributed by atoms with van der Waals surface area (Å²) >= 11 is 0. The van der Waals surface area contributed by atoms with E-state index in [1.54, 1.807) is 7.05 Å². The highest BCUT2D eigenvalue weighted by Crippen LogP contribution is 2.09. The Morgan fingerprint density at radius 2 is 1.92 bits per heavy atom. The summed E-state index contributed by atoms with van der Waals surface area (Å²) in [6, 6.07) is 3.29. The summed E-state index contributed by atoms with van der Waals surface area (Å²) in [7, 11) is 1.56. The van der Waals surface area contributed by atoms with E-state index in [9.17, 15) is 13.6 Å². The standard InChI is InChI=1S/C16H22F2N4O.HI/c1-19-16(20-10-12-9-13(17)5-6-14(12)18)21-11-15(23)22-7-3-2-4-8-22;/h5-6,9H,2-4,7-8,10-11H2,1H3,(H2,19,20,21);1H. The maximum Gasteiger partial charge on any atom is 0.241 e. The maximum atomic E-state index is 13.6. The van der Waals surface area contributed by atoms with Crippen molar-refractivity contribution < 1.29 is 13.6 Å². The van der Waals surface area contributed by atoms with Crippen molar-refractivity contribution in [1.82, 2.24) is 15.5 Å². The molecule has 2 N–H and O–H groups in total. The van der Waals surface area contributed by atoms with Crippen LogP contribution in [0, 0.1) is 11.6 Å². The van der Waals surface area contributed by atoms with Crippen molar-refractivity contribution in [2.45, 2.75) is 25.8 Å². The third-order valence-electron chi connectivity index (χ3n) is 3.79. The van der Waals surface area contributed by atoms with E-state index in [1.807, 2.05) is 4.90 Å². The van der Waals surface area contributed by atoms with Gasteiger partial charge in [-0.25, -0.2) is 8.78 Å². The molecule has 1 saturated heterocycles. The van der Waals surface area contributed by atoms with Gasteiger partial charge >= 0.3 is 0 Å². The summed E-state index contributed by atoms with van der Waals surface area (Å²) in [6.45, 7) is 1.80. The van der Waals surface area contributed by atoms with Crippen molar-refractivity contribution in [3.05, 3.63) is 35.4 Å². The summed E-state index contributed by atoms with van der Waals surface area (Å²) in [5.74, 6) is -0.589. The largest absolute Gasteiger partial charge is 0.352 e. The van der Waals surface area contributed by atoms with Crippen LogP contribution in [-0.4, -0.2) is 43.4 Å². The highest BCUT2D eigenvalue weighted by Gasteiger charge is 2.16. The van der Waals surface area contributed by atoms with Crippen molar-refractivity contribution in [2.75, 3.05) is 26.7 Å². The second kappa shape index (κ2) is 10.4. The number of likely N-dealkylation sites (tertiary alicyclic amines) is 1. The number of carbonyl (C=O) groups is 1.